The van der Waals surface area contributed by atoms with E-state index in [1.54, 1.807) is 7.05 Å². The first-order valence-electron chi connectivity index (χ1n) is 7.17. The maximum atomic E-state index is 5.16. The van der Waals surface area contributed by atoms with E-state index in [-0.39, 0.29) is 24.0 Å². The summed E-state index contributed by atoms with van der Waals surface area (Å²) in [6.07, 6.45) is 4.98. The third-order valence-electron chi connectivity index (χ3n) is 3.40. The summed E-state index contributed by atoms with van der Waals surface area (Å²) >= 11 is 0. The summed E-state index contributed by atoms with van der Waals surface area (Å²) in [4.78, 5) is 4.22. The number of hydrogen-bond acceptors (Lipinski definition) is 3. The van der Waals surface area contributed by atoms with E-state index in [9.17, 15) is 0 Å². The summed E-state index contributed by atoms with van der Waals surface area (Å²) in [5.74, 6) is 1.71. The van der Waals surface area contributed by atoms with Gasteiger partial charge in [-0.3, -0.25) is 4.99 Å². The second kappa shape index (κ2) is 9.50. The van der Waals surface area contributed by atoms with Crippen LogP contribution in [-0.4, -0.2) is 35.8 Å². The van der Waals surface area contributed by atoms with Crippen molar-refractivity contribution >= 4 is 29.9 Å². The van der Waals surface area contributed by atoms with Crippen molar-refractivity contribution in [1.29, 1.82) is 0 Å². The van der Waals surface area contributed by atoms with Crippen molar-refractivity contribution in [3.63, 3.8) is 0 Å². The van der Waals surface area contributed by atoms with Crippen LogP contribution in [0.5, 0.6) is 0 Å². The fourth-order valence-corrected chi connectivity index (χ4v) is 2.21. The molecule has 2 aromatic rings. The van der Waals surface area contributed by atoms with Crippen LogP contribution in [0, 0.1) is 13.8 Å². The molecule has 0 aliphatic rings. The average molecular weight is 417 g/mol. The predicted molar refractivity (Wildman–Crippen MR) is 98.9 cm³/mol. The minimum Gasteiger partial charge on any atom is -0.361 e. The Bertz CT molecular complexity index is 557. The molecule has 0 saturated carbocycles. The molecule has 0 fully saturated rings. The zero-order chi connectivity index (χ0) is 15.1. The Morgan fingerprint density at radius 2 is 1.91 bits per heavy atom. The van der Waals surface area contributed by atoms with Gasteiger partial charge in [-0.25, -0.2) is 0 Å². The molecule has 0 spiro atoms. The lowest BCUT2D eigenvalue weighted by Crippen LogP contribution is -2.39. The lowest BCUT2D eigenvalue weighted by atomic mass is 10.1. The van der Waals surface area contributed by atoms with Crippen molar-refractivity contribution in [1.82, 2.24) is 20.4 Å². The molecule has 0 radical (unpaired) electrons. The Morgan fingerprint density at radius 1 is 1.23 bits per heavy atom. The van der Waals surface area contributed by atoms with Crippen LogP contribution in [-0.2, 0) is 13.0 Å². The first-order chi connectivity index (χ1) is 10.2. The van der Waals surface area contributed by atoms with Crippen molar-refractivity contribution in [2.75, 3.05) is 20.1 Å². The number of aromatic nitrogens is 2. The van der Waals surface area contributed by atoms with Crippen LogP contribution in [0.25, 0.3) is 0 Å². The van der Waals surface area contributed by atoms with Gasteiger partial charge in [-0.15, -0.1) is 24.0 Å². The van der Waals surface area contributed by atoms with Gasteiger partial charge in [0.05, 0.1) is 5.69 Å². The Hall–Kier alpha value is -1.51. The average Bonchev–Trinajstić information content (AvgIpc) is 3.10. The number of aryl methyl sites for hydroxylation is 2. The van der Waals surface area contributed by atoms with Crippen LogP contribution in [0.1, 0.15) is 17.0 Å². The molecular weight excluding hydrogens is 393 g/mol. The summed E-state index contributed by atoms with van der Waals surface area (Å²) in [6.45, 7) is 6.46. The number of hydrogen-bond donors (Lipinski definition) is 2. The highest BCUT2D eigenvalue weighted by Gasteiger charge is 2.08. The van der Waals surface area contributed by atoms with E-state index in [2.05, 4.69) is 37.7 Å². The molecule has 0 bridgehead atoms. The smallest absolute Gasteiger partial charge is 0.191 e. The number of nitrogens with one attached hydrogen (secondary N) is 2. The van der Waals surface area contributed by atoms with Crippen molar-refractivity contribution in [2.24, 2.45) is 4.99 Å². The molecule has 0 saturated heterocycles. The highest BCUT2D eigenvalue weighted by molar-refractivity contribution is 14.0. The molecular formula is C15H24IN5O. The van der Waals surface area contributed by atoms with Gasteiger partial charge in [0.25, 0.3) is 0 Å². The predicted octanol–water partition coefficient (Wildman–Crippen LogP) is 2.12. The lowest BCUT2D eigenvalue weighted by molar-refractivity contribution is 0.392. The molecule has 0 atom stereocenters. The standard InChI is InChI=1S/C15H23N5O.HI/c1-12-14(13(2)21-19-12)6-7-17-15(16-3)18-8-11-20-9-4-5-10-20;/h4-5,9-10H,6-8,11H2,1-3H3,(H2,16,17,18);1H. The molecule has 0 aliphatic heterocycles. The summed E-state index contributed by atoms with van der Waals surface area (Å²) in [5, 5.41) is 10.6. The Balaban J connectivity index is 0.00000242. The highest BCUT2D eigenvalue weighted by Crippen LogP contribution is 2.11. The van der Waals surface area contributed by atoms with Crippen LogP contribution >= 0.6 is 24.0 Å². The SMILES string of the molecule is CN=C(NCCc1c(C)noc1C)NCCn1cccc1.I. The minimum absolute atomic E-state index is 0. The zero-order valence-corrected chi connectivity index (χ0v) is 15.6. The normalized spacial score (nSPS) is 11.1. The number of nitrogens with zero attached hydrogens (tertiary/aromatic N) is 3. The molecule has 6 nitrogen and oxygen atoms in total. The molecule has 2 heterocycles. The van der Waals surface area contributed by atoms with E-state index >= 15 is 0 Å². The molecule has 0 aromatic carbocycles. The second-order valence-electron chi connectivity index (χ2n) is 4.90. The lowest BCUT2D eigenvalue weighted by Gasteiger charge is -2.12. The Labute approximate surface area is 148 Å². The molecule has 0 amide bonds. The van der Waals surface area contributed by atoms with Crippen molar-refractivity contribution in [3.05, 3.63) is 41.5 Å². The van der Waals surface area contributed by atoms with Gasteiger partial charge in [-0.05, 0) is 32.4 Å². The molecule has 2 rings (SSSR count). The number of aliphatic imine (C=N–C) groups is 1. The molecule has 2 N–H and O–H groups in total. The van der Waals surface area contributed by atoms with Gasteiger partial charge in [0.15, 0.2) is 5.96 Å². The van der Waals surface area contributed by atoms with Crippen molar-refractivity contribution in [3.8, 4) is 0 Å². The summed E-state index contributed by atoms with van der Waals surface area (Å²) in [5.41, 5.74) is 2.13. The van der Waals surface area contributed by atoms with Gasteiger partial charge in [0, 0.05) is 44.6 Å². The highest BCUT2D eigenvalue weighted by atomic mass is 127. The summed E-state index contributed by atoms with van der Waals surface area (Å²) in [6, 6.07) is 4.05. The molecule has 0 aliphatic carbocycles. The fraction of sp³-hybridized carbons (Fsp3) is 0.467. The minimum atomic E-state index is 0. The van der Waals surface area contributed by atoms with Crippen molar-refractivity contribution in [2.45, 2.75) is 26.8 Å². The van der Waals surface area contributed by atoms with Gasteiger partial charge in [-0.2, -0.15) is 0 Å². The molecule has 0 unspecified atom stereocenters. The van der Waals surface area contributed by atoms with Gasteiger partial charge in [0.2, 0.25) is 0 Å². The first-order valence-corrected chi connectivity index (χ1v) is 7.17. The van der Waals surface area contributed by atoms with Gasteiger partial charge < -0.3 is 19.7 Å². The largest absolute Gasteiger partial charge is 0.361 e. The molecule has 2 aromatic heterocycles. The third kappa shape index (κ3) is 5.36. The van der Waals surface area contributed by atoms with E-state index in [0.29, 0.717) is 0 Å². The number of guanidine groups is 1. The van der Waals surface area contributed by atoms with Crippen molar-refractivity contribution < 1.29 is 4.52 Å². The molecule has 122 valence electrons. The van der Waals surface area contributed by atoms with Crippen LogP contribution in [0.15, 0.2) is 34.0 Å². The quantitative estimate of drug-likeness (QED) is 0.429. The summed E-state index contributed by atoms with van der Waals surface area (Å²) in [7, 11) is 1.78. The Kier molecular flexibility index (Phi) is 8.00. The topological polar surface area (TPSA) is 67.4 Å². The maximum Gasteiger partial charge on any atom is 0.191 e. The third-order valence-corrected chi connectivity index (χ3v) is 3.40. The second-order valence-corrected chi connectivity index (χ2v) is 4.90. The van der Waals surface area contributed by atoms with E-state index in [4.69, 9.17) is 4.52 Å². The van der Waals surface area contributed by atoms with Crippen LogP contribution in [0.4, 0.5) is 0 Å². The van der Waals surface area contributed by atoms with Crippen LogP contribution in [0.2, 0.25) is 0 Å². The first kappa shape index (κ1) is 18.5. The number of rotatable bonds is 6. The van der Waals surface area contributed by atoms with Gasteiger partial charge in [-0.1, -0.05) is 5.16 Å². The molecule has 7 heteroatoms. The monoisotopic (exact) mass is 417 g/mol. The fourth-order valence-electron chi connectivity index (χ4n) is 2.21. The zero-order valence-electron chi connectivity index (χ0n) is 13.3. The van der Waals surface area contributed by atoms with Crippen LogP contribution in [0.3, 0.4) is 0 Å². The maximum absolute atomic E-state index is 5.16. The van der Waals surface area contributed by atoms with Gasteiger partial charge in [0.1, 0.15) is 5.76 Å². The van der Waals surface area contributed by atoms with E-state index in [1.807, 2.05) is 26.0 Å². The number of halogens is 1. The van der Waals surface area contributed by atoms with E-state index < -0.39 is 0 Å². The van der Waals surface area contributed by atoms with Gasteiger partial charge >= 0.3 is 0 Å². The van der Waals surface area contributed by atoms with Crippen LogP contribution < -0.4 is 10.6 Å². The Morgan fingerprint density at radius 3 is 2.50 bits per heavy atom. The van der Waals surface area contributed by atoms with E-state index in [0.717, 1.165) is 43.5 Å². The molecule has 22 heavy (non-hydrogen) atoms. The van der Waals surface area contributed by atoms with E-state index in [1.165, 1.54) is 5.56 Å². The summed E-state index contributed by atoms with van der Waals surface area (Å²) < 4.78 is 7.29.